The predicted octanol–water partition coefficient (Wildman–Crippen LogP) is 0.795. The number of aryl methyl sites for hydroxylation is 2. The van der Waals surface area contributed by atoms with E-state index in [-0.39, 0.29) is 18.3 Å². The van der Waals surface area contributed by atoms with Crippen LogP contribution in [0.4, 0.5) is 0 Å². The minimum Gasteiger partial charge on any atom is -0.394 e. The Bertz CT molecular complexity index is 709. The fourth-order valence-corrected chi connectivity index (χ4v) is 3.67. The Hall–Kier alpha value is -1.28. The van der Waals surface area contributed by atoms with Gasteiger partial charge in [-0.15, -0.1) is 11.3 Å². The Morgan fingerprint density at radius 1 is 1.52 bits per heavy atom. The summed E-state index contributed by atoms with van der Waals surface area (Å²) in [5.74, 6) is 0.673. The number of aromatic amines is 1. The quantitative estimate of drug-likeness (QED) is 0.876. The average Bonchev–Trinajstić information content (AvgIpc) is 2.74. The molecule has 0 spiro atoms. The number of rotatable bonds is 3. The van der Waals surface area contributed by atoms with Crippen LogP contribution < -0.4 is 5.56 Å². The highest BCUT2D eigenvalue weighted by Gasteiger charge is 2.21. The first-order chi connectivity index (χ1) is 10.1. The van der Waals surface area contributed by atoms with E-state index in [9.17, 15) is 9.90 Å². The fourth-order valence-electron chi connectivity index (χ4n) is 2.62. The van der Waals surface area contributed by atoms with Gasteiger partial charge in [-0.1, -0.05) is 0 Å². The number of aromatic nitrogens is 2. The maximum absolute atomic E-state index is 12.2. The van der Waals surface area contributed by atoms with Crippen molar-refractivity contribution in [2.75, 3.05) is 26.3 Å². The molecule has 0 bridgehead atoms. The SMILES string of the molecule is Cc1sc2nc(CN3CCOC(CO)C3)[nH]c(=O)c2c1C. The molecule has 114 valence electrons. The zero-order valence-corrected chi connectivity index (χ0v) is 13.0. The van der Waals surface area contributed by atoms with Gasteiger partial charge >= 0.3 is 0 Å². The zero-order chi connectivity index (χ0) is 15.0. The summed E-state index contributed by atoms with van der Waals surface area (Å²) < 4.78 is 5.43. The third-order valence-electron chi connectivity index (χ3n) is 3.89. The van der Waals surface area contributed by atoms with E-state index in [1.165, 1.54) is 0 Å². The number of fused-ring (bicyclic) bond motifs is 1. The van der Waals surface area contributed by atoms with Gasteiger partial charge in [0, 0.05) is 18.0 Å². The third-order valence-corrected chi connectivity index (χ3v) is 4.99. The molecule has 1 fully saturated rings. The van der Waals surface area contributed by atoms with Gasteiger partial charge in [-0.25, -0.2) is 4.98 Å². The summed E-state index contributed by atoms with van der Waals surface area (Å²) in [5, 5.41) is 9.88. The van der Waals surface area contributed by atoms with Crippen molar-refractivity contribution < 1.29 is 9.84 Å². The van der Waals surface area contributed by atoms with Gasteiger partial charge in [0.25, 0.3) is 5.56 Å². The molecule has 0 radical (unpaired) electrons. The van der Waals surface area contributed by atoms with Crippen LogP contribution in [0.2, 0.25) is 0 Å². The number of H-pyrrole nitrogens is 1. The number of aliphatic hydroxyl groups excluding tert-OH is 1. The Labute approximate surface area is 126 Å². The lowest BCUT2D eigenvalue weighted by Crippen LogP contribution is -2.43. The Morgan fingerprint density at radius 3 is 3.10 bits per heavy atom. The van der Waals surface area contributed by atoms with Crippen molar-refractivity contribution in [2.45, 2.75) is 26.5 Å². The second-order valence-corrected chi connectivity index (χ2v) is 6.59. The standard InChI is InChI=1S/C14H19N3O3S/c1-8-9(2)21-14-12(8)13(19)15-11(16-14)6-17-3-4-20-10(5-17)7-18/h10,18H,3-7H2,1-2H3,(H,15,16,19). The molecule has 3 heterocycles. The normalized spacial score (nSPS) is 20.2. The van der Waals surface area contributed by atoms with Crippen LogP contribution in [0.1, 0.15) is 16.3 Å². The van der Waals surface area contributed by atoms with Crippen molar-refractivity contribution in [1.29, 1.82) is 0 Å². The van der Waals surface area contributed by atoms with Crippen LogP contribution >= 0.6 is 11.3 Å². The molecule has 1 saturated heterocycles. The van der Waals surface area contributed by atoms with Crippen molar-refractivity contribution in [3.05, 3.63) is 26.6 Å². The topological polar surface area (TPSA) is 78.5 Å². The number of morpholine rings is 1. The largest absolute Gasteiger partial charge is 0.394 e. The van der Waals surface area contributed by atoms with Crippen molar-refractivity contribution in [1.82, 2.24) is 14.9 Å². The third kappa shape index (κ3) is 2.87. The maximum Gasteiger partial charge on any atom is 0.259 e. The number of thiophene rings is 1. The van der Waals surface area contributed by atoms with E-state index in [2.05, 4.69) is 14.9 Å². The summed E-state index contributed by atoms with van der Waals surface area (Å²) >= 11 is 1.56. The monoisotopic (exact) mass is 309 g/mol. The lowest BCUT2D eigenvalue weighted by Gasteiger charge is -2.31. The summed E-state index contributed by atoms with van der Waals surface area (Å²) in [7, 11) is 0. The van der Waals surface area contributed by atoms with Gasteiger partial charge in [0.2, 0.25) is 0 Å². The van der Waals surface area contributed by atoms with E-state index < -0.39 is 0 Å². The molecule has 0 saturated carbocycles. The highest BCUT2D eigenvalue weighted by Crippen LogP contribution is 2.25. The highest BCUT2D eigenvalue weighted by molar-refractivity contribution is 7.18. The van der Waals surface area contributed by atoms with Crippen molar-refractivity contribution >= 4 is 21.6 Å². The first kappa shape index (κ1) is 14.6. The lowest BCUT2D eigenvalue weighted by molar-refractivity contribution is -0.0556. The van der Waals surface area contributed by atoms with E-state index in [0.717, 1.165) is 21.8 Å². The first-order valence-electron chi connectivity index (χ1n) is 7.02. The Balaban J connectivity index is 1.86. The number of hydrogen-bond acceptors (Lipinski definition) is 6. The fraction of sp³-hybridized carbons (Fsp3) is 0.571. The molecule has 0 amide bonds. The molecule has 3 rings (SSSR count). The molecule has 7 heteroatoms. The van der Waals surface area contributed by atoms with Gasteiger partial charge in [-0.3, -0.25) is 9.69 Å². The van der Waals surface area contributed by atoms with Crippen LogP contribution in [0, 0.1) is 13.8 Å². The number of aliphatic hydroxyl groups is 1. The van der Waals surface area contributed by atoms with Gasteiger partial charge < -0.3 is 14.8 Å². The molecule has 2 N–H and O–H groups in total. The number of nitrogens with one attached hydrogen (secondary N) is 1. The summed E-state index contributed by atoms with van der Waals surface area (Å²) in [6.45, 7) is 6.58. The van der Waals surface area contributed by atoms with Crippen molar-refractivity contribution in [3.63, 3.8) is 0 Å². The molecule has 0 aliphatic carbocycles. The van der Waals surface area contributed by atoms with Crippen LogP contribution in [0.25, 0.3) is 10.2 Å². The van der Waals surface area contributed by atoms with E-state index in [1.54, 1.807) is 11.3 Å². The number of hydrogen-bond donors (Lipinski definition) is 2. The smallest absolute Gasteiger partial charge is 0.259 e. The predicted molar refractivity (Wildman–Crippen MR) is 81.8 cm³/mol. The number of ether oxygens (including phenoxy) is 1. The summed E-state index contributed by atoms with van der Waals surface area (Å²) in [6, 6.07) is 0. The van der Waals surface area contributed by atoms with Crippen LogP contribution in [0.15, 0.2) is 4.79 Å². The van der Waals surface area contributed by atoms with Gasteiger partial charge in [-0.05, 0) is 19.4 Å². The van der Waals surface area contributed by atoms with E-state index >= 15 is 0 Å². The Kier molecular flexibility index (Phi) is 4.08. The van der Waals surface area contributed by atoms with E-state index in [1.807, 2.05) is 13.8 Å². The molecule has 6 nitrogen and oxygen atoms in total. The van der Waals surface area contributed by atoms with Gasteiger partial charge in [0.1, 0.15) is 10.7 Å². The first-order valence-corrected chi connectivity index (χ1v) is 7.84. The highest BCUT2D eigenvalue weighted by atomic mass is 32.1. The summed E-state index contributed by atoms with van der Waals surface area (Å²) in [5.41, 5.74) is 0.950. The molecule has 1 aliphatic rings. The maximum atomic E-state index is 12.2. The van der Waals surface area contributed by atoms with Crippen LogP contribution in [0.3, 0.4) is 0 Å². The summed E-state index contributed by atoms with van der Waals surface area (Å²) in [4.78, 5) is 23.8. The van der Waals surface area contributed by atoms with Gasteiger partial charge in [0.05, 0.1) is 31.2 Å². The lowest BCUT2D eigenvalue weighted by atomic mass is 10.2. The molecule has 1 atom stereocenters. The molecule has 0 aromatic carbocycles. The van der Waals surface area contributed by atoms with Crippen LogP contribution in [0.5, 0.6) is 0 Å². The zero-order valence-electron chi connectivity index (χ0n) is 12.2. The second-order valence-electron chi connectivity index (χ2n) is 5.39. The molecule has 1 aliphatic heterocycles. The molecule has 21 heavy (non-hydrogen) atoms. The van der Waals surface area contributed by atoms with E-state index in [4.69, 9.17) is 4.74 Å². The van der Waals surface area contributed by atoms with Gasteiger partial charge in [0.15, 0.2) is 0 Å². The molecular formula is C14H19N3O3S. The van der Waals surface area contributed by atoms with Crippen molar-refractivity contribution in [2.24, 2.45) is 0 Å². The van der Waals surface area contributed by atoms with Crippen LogP contribution in [-0.4, -0.2) is 52.4 Å². The minimum atomic E-state index is -0.152. The summed E-state index contributed by atoms with van der Waals surface area (Å²) in [6.07, 6.45) is -0.152. The van der Waals surface area contributed by atoms with E-state index in [0.29, 0.717) is 30.9 Å². The molecule has 2 aromatic rings. The molecule has 2 aromatic heterocycles. The van der Waals surface area contributed by atoms with Crippen LogP contribution in [-0.2, 0) is 11.3 Å². The minimum absolute atomic E-state index is 0.0167. The number of nitrogens with zero attached hydrogens (tertiary/aromatic N) is 2. The molecular weight excluding hydrogens is 290 g/mol. The molecule has 1 unspecified atom stereocenters. The average molecular weight is 309 g/mol. The van der Waals surface area contributed by atoms with Crippen molar-refractivity contribution in [3.8, 4) is 0 Å². The second kappa shape index (κ2) is 5.84. The Morgan fingerprint density at radius 2 is 2.33 bits per heavy atom. The van der Waals surface area contributed by atoms with Gasteiger partial charge in [-0.2, -0.15) is 0 Å².